The Bertz CT molecular complexity index is 1560. The lowest BCUT2D eigenvalue weighted by Gasteiger charge is -2.31. The number of rotatable bonds is 7. The average Bonchev–Trinajstić information content (AvgIpc) is 3.58. The number of halogens is 1. The second kappa shape index (κ2) is 9.74. The van der Waals surface area contributed by atoms with Crippen molar-refractivity contribution < 1.29 is 9.13 Å². The van der Waals surface area contributed by atoms with Gasteiger partial charge in [0.1, 0.15) is 23.2 Å². The van der Waals surface area contributed by atoms with Gasteiger partial charge < -0.3 is 14.2 Å². The molecule has 2 saturated heterocycles. The Balaban J connectivity index is 1.36. The number of aryl methyl sites for hydroxylation is 1. The highest BCUT2D eigenvalue weighted by molar-refractivity contribution is 5.79. The number of fused-ring (bicyclic) bond motifs is 3. The molecule has 0 unspecified atom stereocenters. The molecule has 2 fully saturated rings. The minimum absolute atomic E-state index is 0.204. The number of imidazole rings is 1. The van der Waals surface area contributed by atoms with Crippen LogP contribution < -0.4 is 4.74 Å². The third-order valence-corrected chi connectivity index (χ3v) is 7.61. The van der Waals surface area contributed by atoms with E-state index in [0.29, 0.717) is 58.1 Å². The second-order valence-electron chi connectivity index (χ2n) is 10.1. The standard InChI is InChI=1S/C28H29FN8O/c1-4-38-28-32-17(2)25-27(34-28)37(26(33-25)21-7-19(10-30)11-31-12-21)14-20-6-5-18(8-24(20)29)13-36-16-22-9-23(36)15-35(22)3/h5-8,11-12,22-23H,4,9,13-16H2,1-3H3/t22-,23-/m0/s1. The summed E-state index contributed by atoms with van der Waals surface area (Å²) in [6.45, 7) is 7.20. The molecule has 0 amide bonds. The van der Waals surface area contributed by atoms with Crippen molar-refractivity contribution in [3.8, 4) is 23.5 Å². The van der Waals surface area contributed by atoms with Gasteiger partial charge in [-0.05, 0) is 45.0 Å². The van der Waals surface area contributed by atoms with Gasteiger partial charge in [-0.15, -0.1) is 0 Å². The van der Waals surface area contributed by atoms with E-state index in [1.54, 1.807) is 18.3 Å². The number of nitriles is 1. The lowest BCUT2D eigenvalue weighted by molar-refractivity contribution is 0.143. The molecule has 0 saturated carbocycles. The normalized spacial score (nSPS) is 19.3. The quantitative estimate of drug-likeness (QED) is 0.371. The summed E-state index contributed by atoms with van der Waals surface area (Å²) in [6, 6.07) is 10.8. The van der Waals surface area contributed by atoms with E-state index in [1.165, 1.54) is 12.6 Å². The number of benzene rings is 1. The molecule has 2 aliphatic rings. The Morgan fingerprint density at radius 2 is 1.97 bits per heavy atom. The van der Waals surface area contributed by atoms with Crippen molar-refractivity contribution in [2.24, 2.45) is 0 Å². The molecule has 9 nitrogen and oxygen atoms in total. The maximum atomic E-state index is 15.5. The highest BCUT2D eigenvalue weighted by Crippen LogP contribution is 2.31. The minimum atomic E-state index is -0.267. The molecule has 6 rings (SSSR count). The van der Waals surface area contributed by atoms with Crippen LogP contribution >= 0.6 is 0 Å². The first-order valence-electron chi connectivity index (χ1n) is 12.9. The first kappa shape index (κ1) is 24.4. The summed E-state index contributed by atoms with van der Waals surface area (Å²) in [4.78, 5) is 22.9. The first-order valence-corrected chi connectivity index (χ1v) is 12.9. The molecule has 3 aromatic heterocycles. The first-order chi connectivity index (χ1) is 18.4. The van der Waals surface area contributed by atoms with Gasteiger partial charge in [0.25, 0.3) is 0 Å². The average molecular weight is 513 g/mol. The van der Waals surface area contributed by atoms with Crippen LogP contribution in [0.5, 0.6) is 6.01 Å². The van der Waals surface area contributed by atoms with Crippen molar-refractivity contribution in [1.82, 2.24) is 34.3 Å². The Morgan fingerprint density at radius 1 is 1.11 bits per heavy atom. The maximum Gasteiger partial charge on any atom is 0.318 e. The van der Waals surface area contributed by atoms with Crippen LogP contribution in [-0.2, 0) is 13.1 Å². The monoisotopic (exact) mass is 512 g/mol. The van der Waals surface area contributed by atoms with Gasteiger partial charge >= 0.3 is 6.01 Å². The van der Waals surface area contributed by atoms with Gasteiger partial charge in [-0.1, -0.05) is 12.1 Å². The van der Waals surface area contributed by atoms with Crippen LogP contribution in [0.2, 0.25) is 0 Å². The van der Waals surface area contributed by atoms with Crippen LogP contribution in [0.25, 0.3) is 22.6 Å². The Hall–Kier alpha value is -3.94. The van der Waals surface area contributed by atoms with Gasteiger partial charge in [-0.2, -0.15) is 15.2 Å². The molecular weight excluding hydrogens is 483 g/mol. The zero-order valence-corrected chi connectivity index (χ0v) is 21.7. The van der Waals surface area contributed by atoms with Crippen LogP contribution in [0.1, 0.15) is 35.7 Å². The lowest BCUT2D eigenvalue weighted by Crippen LogP contribution is -2.43. The summed E-state index contributed by atoms with van der Waals surface area (Å²) in [6.07, 6.45) is 4.34. The van der Waals surface area contributed by atoms with Gasteiger partial charge in [0, 0.05) is 55.2 Å². The summed E-state index contributed by atoms with van der Waals surface area (Å²) < 4.78 is 23.0. The van der Waals surface area contributed by atoms with Crippen molar-refractivity contribution >= 4 is 11.2 Å². The summed E-state index contributed by atoms with van der Waals surface area (Å²) in [5.41, 5.74) is 4.34. The van der Waals surface area contributed by atoms with E-state index in [1.807, 2.05) is 30.5 Å². The lowest BCUT2D eigenvalue weighted by atomic mass is 10.1. The highest BCUT2D eigenvalue weighted by Gasteiger charge is 2.41. The van der Waals surface area contributed by atoms with Crippen LogP contribution in [-0.4, -0.2) is 73.1 Å². The fourth-order valence-corrected chi connectivity index (χ4v) is 5.66. The van der Waals surface area contributed by atoms with E-state index < -0.39 is 0 Å². The van der Waals surface area contributed by atoms with Gasteiger partial charge in [-0.3, -0.25) is 9.88 Å². The van der Waals surface area contributed by atoms with Crippen LogP contribution in [0.3, 0.4) is 0 Å². The van der Waals surface area contributed by atoms with Crippen molar-refractivity contribution in [3.05, 3.63) is 64.9 Å². The molecule has 1 aromatic carbocycles. The van der Waals surface area contributed by atoms with Gasteiger partial charge in [0.2, 0.25) is 0 Å². The molecule has 4 aromatic rings. The molecule has 2 atom stereocenters. The zero-order valence-electron chi connectivity index (χ0n) is 21.7. The van der Waals surface area contributed by atoms with Gasteiger partial charge in [-0.25, -0.2) is 9.37 Å². The minimum Gasteiger partial charge on any atom is -0.464 e. The van der Waals surface area contributed by atoms with Crippen LogP contribution in [0.4, 0.5) is 4.39 Å². The second-order valence-corrected chi connectivity index (χ2v) is 10.1. The van der Waals surface area contributed by atoms with Crippen molar-refractivity contribution in [2.45, 2.75) is 45.4 Å². The van der Waals surface area contributed by atoms with Crippen molar-refractivity contribution in [1.29, 1.82) is 5.26 Å². The number of ether oxygens (including phenoxy) is 1. The van der Waals surface area contributed by atoms with Crippen molar-refractivity contribution in [2.75, 3.05) is 26.7 Å². The van der Waals surface area contributed by atoms with Gasteiger partial charge in [0.05, 0.1) is 24.4 Å². The molecule has 5 heterocycles. The molecule has 2 aliphatic heterocycles. The maximum absolute atomic E-state index is 15.5. The fourth-order valence-electron chi connectivity index (χ4n) is 5.66. The summed E-state index contributed by atoms with van der Waals surface area (Å²) >= 11 is 0. The highest BCUT2D eigenvalue weighted by atomic mass is 19.1. The third kappa shape index (κ3) is 4.38. The van der Waals surface area contributed by atoms with E-state index >= 15 is 4.39 Å². The number of aromatic nitrogens is 5. The summed E-state index contributed by atoms with van der Waals surface area (Å²) in [5, 5.41) is 9.39. The number of hydrogen-bond acceptors (Lipinski definition) is 8. The largest absolute Gasteiger partial charge is 0.464 e. The number of likely N-dealkylation sites (N-methyl/N-ethyl adjacent to an activating group) is 1. The Morgan fingerprint density at radius 3 is 2.68 bits per heavy atom. The number of hydrogen-bond donors (Lipinski definition) is 0. The van der Waals surface area contributed by atoms with E-state index in [2.05, 4.69) is 37.9 Å². The SMILES string of the molecule is CCOc1nc(C)c2nc(-c3cncc(C#N)c3)n(Cc3ccc(CN4C[C@@H]5C[C@H]4CN5C)cc3F)c2n1. The van der Waals surface area contributed by atoms with Crippen LogP contribution in [0.15, 0.2) is 36.7 Å². The van der Waals surface area contributed by atoms with Crippen molar-refractivity contribution in [3.63, 3.8) is 0 Å². The Labute approximate surface area is 220 Å². The number of nitrogens with zero attached hydrogens (tertiary/aromatic N) is 8. The topological polar surface area (TPSA) is 96.0 Å². The predicted molar refractivity (Wildman–Crippen MR) is 140 cm³/mol. The fraction of sp³-hybridized carbons (Fsp3) is 0.393. The molecule has 2 bridgehead atoms. The van der Waals surface area contributed by atoms with E-state index in [9.17, 15) is 5.26 Å². The molecule has 0 spiro atoms. The molecule has 10 heteroatoms. The number of likely N-dealkylation sites (tertiary alicyclic amines) is 2. The molecule has 0 aliphatic carbocycles. The van der Waals surface area contributed by atoms with Gasteiger partial charge in [0.15, 0.2) is 5.65 Å². The zero-order chi connectivity index (χ0) is 26.4. The van der Waals surface area contributed by atoms with E-state index in [-0.39, 0.29) is 18.4 Å². The molecule has 194 valence electrons. The van der Waals surface area contributed by atoms with E-state index in [0.717, 1.165) is 25.2 Å². The van der Waals surface area contributed by atoms with Crippen LogP contribution in [0, 0.1) is 24.1 Å². The predicted octanol–water partition coefficient (Wildman–Crippen LogP) is 3.54. The smallest absolute Gasteiger partial charge is 0.318 e. The number of piperazine rings is 1. The molecule has 0 N–H and O–H groups in total. The third-order valence-electron chi connectivity index (χ3n) is 7.61. The number of pyridine rings is 1. The molecule has 0 radical (unpaired) electrons. The summed E-state index contributed by atoms with van der Waals surface area (Å²) in [5.74, 6) is 0.271. The molecule has 38 heavy (non-hydrogen) atoms. The van der Waals surface area contributed by atoms with E-state index in [4.69, 9.17) is 9.72 Å². The molecular formula is C28H29FN8O. The Kier molecular flexibility index (Phi) is 6.26. The summed E-state index contributed by atoms with van der Waals surface area (Å²) in [7, 11) is 2.18.